The van der Waals surface area contributed by atoms with Crippen LogP contribution in [0.15, 0.2) is 141 Å². The zero-order chi connectivity index (χ0) is 31.6. The molecule has 0 aliphatic rings. The summed E-state index contributed by atoms with van der Waals surface area (Å²) in [6, 6.07) is 37.4. The first-order valence-corrected chi connectivity index (χ1v) is 14.8. The normalized spacial score (nSPS) is 13.4. The van der Waals surface area contributed by atoms with Crippen molar-refractivity contribution >= 4 is 35.1 Å². The molecule has 0 saturated heterocycles. The van der Waals surface area contributed by atoms with Crippen LogP contribution in [0.2, 0.25) is 0 Å². The van der Waals surface area contributed by atoms with Gasteiger partial charge in [-0.05, 0) is 73.9 Å². The Balaban J connectivity index is 0.000000307. The molecule has 4 rings (SSSR count). The van der Waals surface area contributed by atoms with Gasteiger partial charge in [0.1, 0.15) is 0 Å². The molecule has 0 saturated carbocycles. The second-order valence-corrected chi connectivity index (χ2v) is 9.97. The molecule has 0 spiro atoms. The molecule has 4 aromatic carbocycles. The first kappa shape index (κ1) is 36.5. The van der Waals surface area contributed by atoms with Gasteiger partial charge in [0.05, 0.1) is 12.1 Å². The topological polar surface area (TPSA) is 120 Å². The van der Waals surface area contributed by atoms with Gasteiger partial charge < -0.3 is 20.8 Å². The molecule has 237 valence electrons. The Labute approximate surface area is 277 Å². The van der Waals surface area contributed by atoms with Crippen molar-refractivity contribution in [2.45, 2.75) is 52.6 Å². The van der Waals surface area contributed by atoms with E-state index in [0.717, 1.165) is 24.2 Å². The van der Waals surface area contributed by atoms with Crippen LogP contribution in [0.5, 0.6) is 0 Å². The van der Waals surface area contributed by atoms with Crippen LogP contribution in [0.3, 0.4) is 0 Å². The van der Waals surface area contributed by atoms with Crippen molar-refractivity contribution in [1.82, 2.24) is 0 Å². The fourth-order valence-corrected chi connectivity index (χ4v) is 3.56. The predicted molar refractivity (Wildman–Crippen MR) is 180 cm³/mol. The number of guanidine groups is 2. The second kappa shape index (κ2) is 20.3. The van der Waals surface area contributed by atoms with E-state index in [2.05, 4.69) is 30.6 Å². The van der Waals surface area contributed by atoms with Crippen LogP contribution in [-0.4, -0.2) is 35.8 Å². The van der Waals surface area contributed by atoms with E-state index in [1.54, 1.807) is 24.3 Å². The summed E-state index contributed by atoms with van der Waals surface area (Å²) < 4.78 is 0. The number of rotatable bonds is 8. The average Bonchev–Trinajstić information content (AvgIpc) is 3.06. The summed E-state index contributed by atoms with van der Waals surface area (Å²) in [6.07, 6.45) is 1.77. The minimum absolute atomic E-state index is 0. The molecule has 2 N–H and O–H groups in total. The zero-order valence-corrected chi connectivity index (χ0v) is 27.0. The van der Waals surface area contributed by atoms with Gasteiger partial charge in [-0.1, -0.05) is 111 Å². The Hall–Kier alpha value is -4.72. The maximum absolute atomic E-state index is 12.2. The molecule has 45 heavy (non-hydrogen) atoms. The van der Waals surface area contributed by atoms with Crippen molar-refractivity contribution in [3.8, 4) is 0 Å². The van der Waals surface area contributed by atoms with E-state index in [1.807, 2.05) is 125 Å². The second-order valence-electron chi connectivity index (χ2n) is 9.97. The minimum Gasteiger partial charge on any atom is -0.858 e. The summed E-state index contributed by atoms with van der Waals surface area (Å²) in [5.41, 5.74) is 2.81. The molecule has 0 aliphatic heterocycles. The Kier molecular flexibility index (Phi) is 16.4. The van der Waals surface area contributed by atoms with Gasteiger partial charge in [-0.25, -0.2) is 20.0 Å². The smallest absolute Gasteiger partial charge is 0.858 e. The third kappa shape index (κ3) is 13.6. The summed E-state index contributed by atoms with van der Waals surface area (Å²) in [4.78, 5) is 17.2. The largest absolute Gasteiger partial charge is 2.00 e. The number of hydrogen-bond acceptors (Lipinski definition) is 4. The summed E-state index contributed by atoms with van der Waals surface area (Å²) in [7, 11) is 0. The number of hydrogen-bond donors (Lipinski definition) is 2. The van der Waals surface area contributed by atoms with Gasteiger partial charge in [0.15, 0.2) is 0 Å². The van der Waals surface area contributed by atoms with Gasteiger partial charge in [0, 0.05) is 11.4 Å². The van der Waals surface area contributed by atoms with Crippen LogP contribution >= 0.6 is 0 Å². The van der Waals surface area contributed by atoms with Gasteiger partial charge in [-0.3, -0.25) is 0 Å². The van der Waals surface area contributed by atoms with Crippen LogP contribution in [0.25, 0.3) is 0 Å². The molecule has 0 fully saturated rings. The molecular weight excluding hydrogens is 612 g/mol. The average molecular weight is 652 g/mol. The zero-order valence-electron chi connectivity index (χ0n) is 26.0. The monoisotopic (exact) mass is 651 g/mol. The fourth-order valence-electron chi connectivity index (χ4n) is 3.56. The van der Waals surface area contributed by atoms with Crippen molar-refractivity contribution in [3.63, 3.8) is 0 Å². The number of nitrogens with zero attached hydrogens (tertiary/aromatic N) is 4. The molecule has 0 amide bonds. The first-order valence-electron chi connectivity index (χ1n) is 14.8. The Morgan fingerprint density at radius 2 is 0.822 bits per heavy atom. The van der Waals surface area contributed by atoms with Gasteiger partial charge in [-0.2, -0.15) is 0 Å². The summed E-state index contributed by atoms with van der Waals surface area (Å²) in [6.45, 7) is 8.09. The van der Waals surface area contributed by atoms with E-state index in [9.17, 15) is 10.2 Å². The van der Waals surface area contributed by atoms with Crippen molar-refractivity contribution in [2.24, 2.45) is 20.0 Å². The number of para-hydroxylation sites is 2. The molecule has 2 unspecified atom stereocenters. The predicted octanol–water partition coefficient (Wildman–Crippen LogP) is 6.12. The Bertz CT molecular complexity index is 1400. The first-order chi connectivity index (χ1) is 21.4. The molecule has 8 nitrogen and oxygen atoms in total. The van der Waals surface area contributed by atoms with Crippen LogP contribution in [0.4, 0.5) is 11.4 Å². The van der Waals surface area contributed by atoms with Crippen molar-refractivity contribution in [1.29, 1.82) is 0 Å². The molecule has 2 atom stereocenters. The number of aliphatic imine (C=N–C) groups is 4. The quantitative estimate of drug-likeness (QED) is 0.136. The molecule has 1 radical (unpaired) electrons. The van der Waals surface area contributed by atoms with Crippen LogP contribution in [0, 0.1) is 0 Å². The third-order valence-corrected chi connectivity index (χ3v) is 6.38. The van der Waals surface area contributed by atoms with Gasteiger partial charge in [0.25, 0.3) is 0 Å². The third-order valence-electron chi connectivity index (χ3n) is 6.38. The molecule has 0 aromatic heterocycles. The molecule has 9 heteroatoms. The number of nitrogens with one attached hydrogen (secondary N) is 2. The molecule has 0 aliphatic carbocycles. The SMILES string of the molecule is CCC(C)N=C(/N=C(\[O-])c1ccccc1)Nc1ccccc1.CCC(C)N=C(/N=C(\[O-])c1ccccc1)Nc1ccccc1.[Cu+2]. The van der Waals surface area contributed by atoms with Crippen LogP contribution in [-0.2, 0) is 17.1 Å². The van der Waals surface area contributed by atoms with E-state index >= 15 is 0 Å². The van der Waals surface area contributed by atoms with E-state index in [0.29, 0.717) is 23.0 Å². The van der Waals surface area contributed by atoms with Crippen LogP contribution in [0.1, 0.15) is 51.7 Å². The van der Waals surface area contributed by atoms with Gasteiger partial charge in [-0.15, -0.1) is 0 Å². The van der Waals surface area contributed by atoms with Crippen LogP contribution < -0.4 is 20.8 Å². The fraction of sp³-hybridized carbons (Fsp3) is 0.222. The van der Waals surface area contributed by atoms with Crippen molar-refractivity contribution < 1.29 is 27.3 Å². The maximum Gasteiger partial charge on any atom is 2.00 e. The number of benzene rings is 4. The Morgan fingerprint density at radius 1 is 0.533 bits per heavy atom. The van der Waals surface area contributed by atoms with Gasteiger partial charge in [0.2, 0.25) is 11.9 Å². The van der Waals surface area contributed by atoms with Gasteiger partial charge >= 0.3 is 17.1 Å². The molecule has 0 heterocycles. The van der Waals surface area contributed by atoms with E-state index in [-0.39, 0.29) is 40.9 Å². The summed E-state index contributed by atoms with van der Waals surface area (Å²) in [5.74, 6) is 0.0842. The standard InChI is InChI=1S/2C18H21N3O.Cu/c2*1-3-14(2)19-18(20-16-12-8-5-9-13-16)21-17(22)15-10-6-4-7-11-15;/h2*4-14H,3H2,1-2H3,(H2,19,20,21,22);/q;;+2/p-2. The van der Waals surface area contributed by atoms with Crippen molar-refractivity contribution in [3.05, 3.63) is 132 Å². The summed E-state index contributed by atoms with van der Waals surface area (Å²) >= 11 is 0. The van der Waals surface area contributed by atoms with E-state index in [1.165, 1.54) is 0 Å². The number of anilines is 2. The molecule has 0 bridgehead atoms. The summed E-state index contributed by atoms with van der Waals surface area (Å²) in [5, 5.41) is 30.7. The van der Waals surface area contributed by atoms with Crippen molar-refractivity contribution in [2.75, 3.05) is 10.6 Å². The Morgan fingerprint density at radius 3 is 1.11 bits per heavy atom. The minimum atomic E-state index is -0.300. The van der Waals surface area contributed by atoms with E-state index in [4.69, 9.17) is 0 Å². The molecular formula is C36H40CuN6O2. The molecule has 4 aromatic rings. The van der Waals surface area contributed by atoms with E-state index < -0.39 is 0 Å². The maximum atomic E-state index is 12.2.